The number of carbonyl (C=O) groups excluding carboxylic acids is 1. The van der Waals surface area contributed by atoms with E-state index in [9.17, 15) is 13.7 Å². The van der Waals surface area contributed by atoms with Crippen molar-refractivity contribution in [3.05, 3.63) is 120 Å². The number of hydrogen-bond acceptors (Lipinski definition) is 9. The van der Waals surface area contributed by atoms with Gasteiger partial charge in [-0.25, -0.2) is 12.7 Å². The Bertz CT molecular complexity index is 2100. The standard InChI is InChI=1S/C35H30N6O4S/c1-2-45-31-10-4-3-9-28(31)35(40-21-19-39(20-22-40)27-14-17-37-18-15-27)29-23-25(24-36)12-13-30(29)41(34(35)42)46(43,44)32-11-5-7-26-8-6-16-38-33(26)32/h3-18,23H,2,19-22H2,1H3. The molecule has 1 atom stereocenters. The van der Waals surface area contributed by atoms with Gasteiger partial charge in [0, 0.05) is 67.0 Å². The van der Waals surface area contributed by atoms with Crippen LogP contribution >= 0.6 is 0 Å². The van der Waals surface area contributed by atoms with Crippen molar-refractivity contribution in [3.8, 4) is 11.8 Å². The fourth-order valence-corrected chi connectivity index (χ4v) is 8.33. The summed E-state index contributed by atoms with van der Waals surface area (Å²) in [5.41, 5.74) is 1.11. The fraction of sp³-hybridized carbons (Fsp3) is 0.200. The topological polar surface area (TPSA) is 120 Å². The summed E-state index contributed by atoms with van der Waals surface area (Å²) in [6, 6.07) is 26.5. The van der Waals surface area contributed by atoms with E-state index in [0.717, 1.165) is 9.99 Å². The van der Waals surface area contributed by atoms with E-state index in [4.69, 9.17) is 4.74 Å². The van der Waals surface area contributed by atoms with E-state index in [0.29, 0.717) is 60.6 Å². The van der Waals surface area contributed by atoms with Gasteiger partial charge in [0.05, 0.1) is 29.4 Å². The highest BCUT2D eigenvalue weighted by Gasteiger charge is 2.60. The lowest BCUT2D eigenvalue weighted by atomic mass is 9.80. The number of nitriles is 1. The Morgan fingerprint density at radius 1 is 0.891 bits per heavy atom. The Balaban J connectivity index is 1.46. The van der Waals surface area contributed by atoms with Crippen molar-refractivity contribution in [2.45, 2.75) is 17.4 Å². The van der Waals surface area contributed by atoms with Crippen LogP contribution in [-0.2, 0) is 20.4 Å². The summed E-state index contributed by atoms with van der Waals surface area (Å²) in [5.74, 6) is -0.190. The molecule has 230 valence electrons. The Morgan fingerprint density at radius 2 is 1.65 bits per heavy atom. The number of para-hydroxylation sites is 2. The van der Waals surface area contributed by atoms with Gasteiger partial charge in [0.15, 0.2) is 5.54 Å². The van der Waals surface area contributed by atoms with Crippen molar-refractivity contribution >= 4 is 38.2 Å². The molecule has 2 aromatic heterocycles. The molecule has 0 aliphatic carbocycles. The first-order valence-corrected chi connectivity index (χ1v) is 16.5. The van der Waals surface area contributed by atoms with Crippen LogP contribution in [0.25, 0.3) is 10.9 Å². The molecule has 2 aliphatic heterocycles. The number of anilines is 2. The zero-order valence-corrected chi connectivity index (χ0v) is 25.9. The van der Waals surface area contributed by atoms with Gasteiger partial charge in [-0.15, -0.1) is 0 Å². The molecule has 3 aromatic carbocycles. The Labute approximate surface area is 267 Å². The Kier molecular flexibility index (Phi) is 7.39. The molecule has 0 radical (unpaired) electrons. The van der Waals surface area contributed by atoms with Gasteiger partial charge in [-0.3, -0.25) is 19.7 Å². The van der Waals surface area contributed by atoms with Crippen LogP contribution in [-0.4, -0.2) is 62.0 Å². The highest BCUT2D eigenvalue weighted by atomic mass is 32.2. The molecule has 0 bridgehead atoms. The van der Waals surface area contributed by atoms with Gasteiger partial charge in [0.1, 0.15) is 10.6 Å². The molecule has 1 amide bonds. The summed E-state index contributed by atoms with van der Waals surface area (Å²) in [4.78, 5) is 28.1. The second-order valence-corrected chi connectivity index (χ2v) is 12.8. The zero-order valence-electron chi connectivity index (χ0n) is 25.1. The number of rotatable bonds is 7. The van der Waals surface area contributed by atoms with Crippen molar-refractivity contribution in [1.82, 2.24) is 14.9 Å². The average molecular weight is 631 g/mol. The third kappa shape index (κ3) is 4.49. The number of pyridine rings is 2. The van der Waals surface area contributed by atoms with E-state index in [1.807, 2.05) is 42.2 Å². The molecule has 10 nitrogen and oxygen atoms in total. The number of nitrogens with zero attached hydrogens (tertiary/aromatic N) is 6. The van der Waals surface area contributed by atoms with E-state index in [1.54, 1.807) is 60.9 Å². The number of fused-ring (bicyclic) bond motifs is 2. The van der Waals surface area contributed by atoms with Crippen LogP contribution in [0.15, 0.2) is 108 Å². The molecule has 7 rings (SSSR count). The molecule has 0 saturated carbocycles. The smallest absolute Gasteiger partial charge is 0.273 e. The minimum absolute atomic E-state index is 0.0781. The van der Waals surface area contributed by atoms with Crippen molar-refractivity contribution in [2.75, 3.05) is 42.0 Å². The van der Waals surface area contributed by atoms with Crippen LogP contribution in [0.2, 0.25) is 0 Å². The van der Waals surface area contributed by atoms with E-state index in [2.05, 4.69) is 20.9 Å². The second kappa shape index (κ2) is 11.6. The molecule has 2 aliphatic rings. The molecule has 1 fully saturated rings. The molecule has 0 spiro atoms. The summed E-state index contributed by atoms with van der Waals surface area (Å²) in [5, 5.41) is 10.6. The van der Waals surface area contributed by atoms with E-state index in [1.165, 1.54) is 12.3 Å². The lowest BCUT2D eigenvalue weighted by molar-refractivity contribution is -0.127. The first-order chi connectivity index (χ1) is 22.4. The van der Waals surface area contributed by atoms with Gasteiger partial charge < -0.3 is 9.64 Å². The SMILES string of the molecule is CCOc1ccccc1C1(N2CCN(c3ccncc3)CC2)C(=O)N(S(=O)(=O)c2cccc3cccnc23)c2ccc(C#N)cc21. The Morgan fingerprint density at radius 3 is 2.41 bits per heavy atom. The summed E-state index contributed by atoms with van der Waals surface area (Å²) in [6.07, 6.45) is 5.02. The number of aromatic nitrogens is 2. The molecule has 1 unspecified atom stereocenters. The minimum Gasteiger partial charge on any atom is -0.493 e. The molecule has 11 heteroatoms. The average Bonchev–Trinajstić information content (AvgIpc) is 3.37. The normalized spacial score (nSPS) is 18.4. The van der Waals surface area contributed by atoms with Crippen LogP contribution in [0.4, 0.5) is 11.4 Å². The summed E-state index contributed by atoms with van der Waals surface area (Å²) < 4.78 is 36.5. The highest BCUT2D eigenvalue weighted by molar-refractivity contribution is 7.93. The van der Waals surface area contributed by atoms with E-state index < -0.39 is 21.5 Å². The van der Waals surface area contributed by atoms with Gasteiger partial charge in [-0.05, 0) is 55.5 Å². The highest BCUT2D eigenvalue weighted by Crippen LogP contribution is 2.53. The van der Waals surface area contributed by atoms with Crippen molar-refractivity contribution in [1.29, 1.82) is 5.26 Å². The fourth-order valence-electron chi connectivity index (χ4n) is 6.70. The number of carbonyl (C=O) groups is 1. The third-order valence-corrected chi connectivity index (χ3v) is 10.4. The van der Waals surface area contributed by atoms with Crippen LogP contribution in [0.5, 0.6) is 5.75 Å². The maximum absolute atomic E-state index is 15.4. The molecular weight excluding hydrogens is 600 g/mol. The number of hydrogen-bond donors (Lipinski definition) is 0. The number of benzene rings is 3. The summed E-state index contributed by atoms with van der Waals surface area (Å²) >= 11 is 0. The van der Waals surface area contributed by atoms with Crippen LogP contribution in [0.1, 0.15) is 23.6 Å². The van der Waals surface area contributed by atoms with Gasteiger partial charge in [0.25, 0.3) is 15.9 Å². The molecule has 0 N–H and O–H groups in total. The van der Waals surface area contributed by atoms with Gasteiger partial charge in [-0.2, -0.15) is 5.26 Å². The quantitative estimate of drug-likeness (QED) is 0.252. The number of piperazine rings is 1. The maximum atomic E-state index is 15.4. The summed E-state index contributed by atoms with van der Waals surface area (Å²) in [6.45, 7) is 4.19. The van der Waals surface area contributed by atoms with Gasteiger partial charge in [0.2, 0.25) is 0 Å². The largest absolute Gasteiger partial charge is 0.493 e. The molecule has 5 aromatic rings. The molecule has 4 heterocycles. The molecule has 46 heavy (non-hydrogen) atoms. The summed E-state index contributed by atoms with van der Waals surface area (Å²) in [7, 11) is -4.49. The maximum Gasteiger partial charge on any atom is 0.273 e. The van der Waals surface area contributed by atoms with Crippen LogP contribution < -0.4 is 13.9 Å². The van der Waals surface area contributed by atoms with E-state index in [-0.39, 0.29) is 16.1 Å². The van der Waals surface area contributed by atoms with Crippen LogP contribution in [0, 0.1) is 11.3 Å². The lowest BCUT2D eigenvalue weighted by Crippen LogP contribution is -2.60. The molecule has 1 saturated heterocycles. The van der Waals surface area contributed by atoms with Crippen molar-refractivity contribution in [3.63, 3.8) is 0 Å². The lowest BCUT2D eigenvalue weighted by Gasteiger charge is -2.46. The van der Waals surface area contributed by atoms with Gasteiger partial charge >= 0.3 is 0 Å². The van der Waals surface area contributed by atoms with Crippen molar-refractivity contribution < 1.29 is 17.9 Å². The minimum atomic E-state index is -4.49. The number of ether oxygens (including phenoxy) is 1. The zero-order chi connectivity index (χ0) is 31.9. The first kappa shape index (κ1) is 29.4. The second-order valence-electron chi connectivity index (χ2n) is 11.1. The third-order valence-electron chi connectivity index (χ3n) is 8.70. The predicted octanol–water partition coefficient (Wildman–Crippen LogP) is 4.70. The van der Waals surface area contributed by atoms with Crippen molar-refractivity contribution in [2.24, 2.45) is 0 Å². The van der Waals surface area contributed by atoms with Crippen LogP contribution in [0.3, 0.4) is 0 Å². The predicted molar refractivity (Wildman–Crippen MR) is 174 cm³/mol. The van der Waals surface area contributed by atoms with Gasteiger partial charge in [-0.1, -0.05) is 36.4 Å². The monoisotopic (exact) mass is 630 g/mol. The number of amides is 1. The Hall–Kier alpha value is -5.31. The first-order valence-electron chi connectivity index (χ1n) is 15.0. The number of sulfonamides is 1. The van der Waals surface area contributed by atoms with E-state index >= 15 is 4.79 Å². The molecular formula is C35H30N6O4S.